The highest BCUT2D eigenvalue weighted by molar-refractivity contribution is 7.99. The van der Waals surface area contributed by atoms with Crippen LogP contribution in [0.5, 0.6) is 5.75 Å². The lowest BCUT2D eigenvalue weighted by molar-refractivity contribution is -0.117. The van der Waals surface area contributed by atoms with Crippen molar-refractivity contribution in [2.45, 2.75) is 31.5 Å². The number of aromatic nitrogens is 3. The molecule has 0 saturated carbocycles. The number of imide groups is 1. The van der Waals surface area contributed by atoms with Crippen LogP contribution in [0.2, 0.25) is 0 Å². The van der Waals surface area contributed by atoms with E-state index in [0.717, 1.165) is 12.1 Å². The molecule has 0 aliphatic heterocycles. The van der Waals surface area contributed by atoms with Crippen molar-refractivity contribution in [1.82, 2.24) is 25.4 Å². The third-order valence-corrected chi connectivity index (χ3v) is 4.37. The monoisotopic (exact) mass is 363 g/mol. The Kier molecular flexibility index (Phi) is 6.81. The molecule has 0 fully saturated rings. The summed E-state index contributed by atoms with van der Waals surface area (Å²) in [6.07, 6.45) is 2.35. The van der Waals surface area contributed by atoms with Crippen LogP contribution in [0.25, 0.3) is 5.69 Å². The first-order chi connectivity index (χ1) is 12.0. The van der Waals surface area contributed by atoms with Crippen LogP contribution in [0, 0.1) is 0 Å². The molecule has 0 aliphatic carbocycles. The Balaban J connectivity index is 1.95. The molecule has 8 nitrogen and oxygen atoms in total. The number of carbonyl (C=O) groups excluding carboxylic acids is 2. The standard InChI is InChI=1S/C16H21N5O3S/c1-4-11(2)18-15(23)19-14(22)9-25-16-20-17-10-21(16)12-6-5-7-13(8-12)24-3/h5-8,10-11H,4,9H2,1-3H3,(H2,18,19,22,23)/t11-/m1/s1. The lowest BCUT2D eigenvalue weighted by Gasteiger charge is -2.11. The smallest absolute Gasteiger partial charge is 0.321 e. The molecule has 0 spiro atoms. The van der Waals surface area contributed by atoms with E-state index in [4.69, 9.17) is 4.74 Å². The highest BCUT2D eigenvalue weighted by Crippen LogP contribution is 2.22. The lowest BCUT2D eigenvalue weighted by Crippen LogP contribution is -2.43. The van der Waals surface area contributed by atoms with Crippen LogP contribution in [0.1, 0.15) is 20.3 Å². The molecule has 9 heteroatoms. The zero-order valence-electron chi connectivity index (χ0n) is 14.4. The zero-order valence-corrected chi connectivity index (χ0v) is 15.2. The van der Waals surface area contributed by atoms with E-state index in [-0.39, 0.29) is 11.8 Å². The van der Waals surface area contributed by atoms with Crippen molar-refractivity contribution in [1.29, 1.82) is 0 Å². The van der Waals surface area contributed by atoms with Crippen molar-refractivity contribution in [2.24, 2.45) is 0 Å². The van der Waals surface area contributed by atoms with Gasteiger partial charge in [0.15, 0.2) is 5.16 Å². The van der Waals surface area contributed by atoms with E-state index in [9.17, 15) is 9.59 Å². The minimum Gasteiger partial charge on any atom is -0.497 e. The van der Waals surface area contributed by atoms with Gasteiger partial charge in [0.25, 0.3) is 0 Å². The highest BCUT2D eigenvalue weighted by atomic mass is 32.2. The number of hydrogen-bond acceptors (Lipinski definition) is 6. The van der Waals surface area contributed by atoms with Crippen LogP contribution < -0.4 is 15.4 Å². The average molecular weight is 363 g/mol. The number of ether oxygens (including phenoxy) is 1. The molecule has 1 aromatic heterocycles. The summed E-state index contributed by atoms with van der Waals surface area (Å²) in [5.74, 6) is 0.365. The number of carbonyl (C=O) groups is 2. The maximum Gasteiger partial charge on any atom is 0.321 e. The molecule has 0 aliphatic rings. The first-order valence-electron chi connectivity index (χ1n) is 7.81. The van der Waals surface area contributed by atoms with Gasteiger partial charge >= 0.3 is 6.03 Å². The minimum atomic E-state index is -0.491. The van der Waals surface area contributed by atoms with Crippen molar-refractivity contribution in [3.63, 3.8) is 0 Å². The molecule has 0 bridgehead atoms. The Morgan fingerprint density at radius 3 is 2.92 bits per heavy atom. The second-order valence-corrected chi connectivity index (χ2v) is 6.25. The molecule has 25 heavy (non-hydrogen) atoms. The molecule has 1 atom stereocenters. The van der Waals surface area contributed by atoms with E-state index in [1.54, 1.807) is 18.0 Å². The molecule has 0 radical (unpaired) electrons. The summed E-state index contributed by atoms with van der Waals surface area (Å²) in [6, 6.07) is 6.94. The van der Waals surface area contributed by atoms with Gasteiger partial charge in [-0.05, 0) is 25.5 Å². The van der Waals surface area contributed by atoms with E-state index < -0.39 is 11.9 Å². The van der Waals surface area contributed by atoms with Crippen LogP contribution >= 0.6 is 11.8 Å². The second kappa shape index (κ2) is 9.07. The molecule has 2 aromatic rings. The Labute approximate surface area is 150 Å². The predicted molar refractivity (Wildman–Crippen MR) is 95.1 cm³/mol. The molecular formula is C16H21N5O3S. The van der Waals surface area contributed by atoms with E-state index in [1.165, 1.54) is 11.8 Å². The maximum atomic E-state index is 11.9. The normalized spacial score (nSPS) is 11.6. The number of urea groups is 1. The zero-order chi connectivity index (χ0) is 18.2. The summed E-state index contributed by atoms with van der Waals surface area (Å²) in [5, 5.41) is 13.4. The third kappa shape index (κ3) is 5.49. The highest BCUT2D eigenvalue weighted by Gasteiger charge is 2.13. The number of thioether (sulfide) groups is 1. The molecule has 2 rings (SSSR count). The number of methoxy groups -OCH3 is 1. The number of nitrogens with one attached hydrogen (secondary N) is 2. The fourth-order valence-corrected chi connectivity index (χ4v) is 2.64. The van der Waals surface area contributed by atoms with Gasteiger partial charge in [0.2, 0.25) is 5.91 Å². The van der Waals surface area contributed by atoms with Gasteiger partial charge in [0.05, 0.1) is 18.6 Å². The van der Waals surface area contributed by atoms with Gasteiger partial charge in [-0.25, -0.2) is 4.79 Å². The second-order valence-electron chi connectivity index (χ2n) is 5.30. The maximum absolute atomic E-state index is 11.9. The van der Waals surface area contributed by atoms with Crippen LogP contribution in [0.3, 0.4) is 0 Å². The Bertz CT molecular complexity index is 734. The molecular weight excluding hydrogens is 342 g/mol. The van der Waals surface area contributed by atoms with Gasteiger partial charge < -0.3 is 10.1 Å². The SMILES string of the molecule is CC[C@@H](C)NC(=O)NC(=O)CSc1nncn1-c1cccc(OC)c1. The van der Waals surface area contributed by atoms with Crippen molar-refractivity contribution in [3.05, 3.63) is 30.6 Å². The number of hydrogen-bond donors (Lipinski definition) is 2. The van der Waals surface area contributed by atoms with E-state index in [2.05, 4.69) is 20.8 Å². The summed E-state index contributed by atoms with van der Waals surface area (Å²) < 4.78 is 6.96. The molecule has 134 valence electrons. The molecule has 1 heterocycles. The summed E-state index contributed by atoms with van der Waals surface area (Å²) in [4.78, 5) is 23.5. The van der Waals surface area contributed by atoms with Crippen LogP contribution in [0.4, 0.5) is 4.79 Å². The first-order valence-corrected chi connectivity index (χ1v) is 8.79. The van der Waals surface area contributed by atoms with Crippen LogP contribution in [-0.4, -0.2) is 45.6 Å². The summed E-state index contributed by atoms with van der Waals surface area (Å²) in [6.45, 7) is 3.82. The van der Waals surface area contributed by atoms with Gasteiger partial charge in [-0.1, -0.05) is 24.8 Å². The molecule has 0 saturated heterocycles. The van der Waals surface area contributed by atoms with Gasteiger partial charge in [-0.3, -0.25) is 14.7 Å². The van der Waals surface area contributed by atoms with E-state index >= 15 is 0 Å². The summed E-state index contributed by atoms with van der Waals surface area (Å²) in [7, 11) is 1.59. The van der Waals surface area contributed by atoms with Crippen molar-refractivity contribution in [2.75, 3.05) is 12.9 Å². The first kappa shape index (κ1) is 18.8. The fourth-order valence-electron chi connectivity index (χ4n) is 1.92. The minimum absolute atomic E-state index is 0.0108. The van der Waals surface area contributed by atoms with E-state index in [1.807, 2.05) is 38.1 Å². The number of nitrogens with zero attached hydrogens (tertiary/aromatic N) is 3. The predicted octanol–water partition coefficient (Wildman–Crippen LogP) is 1.99. The summed E-state index contributed by atoms with van der Waals surface area (Å²) >= 11 is 1.19. The largest absolute Gasteiger partial charge is 0.497 e. The molecule has 1 aromatic carbocycles. The lowest BCUT2D eigenvalue weighted by atomic mass is 10.3. The average Bonchev–Trinajstić information content (AvgIpc) is 3.08. The Morgan fingerprint density at radius 1 is 1.40 bits per heavy atom. The van der Waals surface area contributed by atoms with Gasteiger partial charge in [-0.2, -0.15) is 0 Å². The van der Waals surface area contributed by atoms with Gasteiger partial charge in [-0.15, -0.1) is 10.2 Å². The molecule has 2 N–H and O–H groups in total. The summed E-state index contributed by atoms with van der Waals surface area (Å²) in [5.41, 5.74) is 0.821. The van der Waals surface area contributed by atoms with Crippen molar-refractivity contribution < 1.29 is 14.3 Å². The Morgan fingerprint density at radius 2 is 2.20 bits per heavy atom. The Hall–Kier alpha value is -2.55. The van der Waals surface area contributed by atoms with Crippen LogP contribution in [-0.2, 0) is 4.79 Å². The number of rotatable bonds is 7. The number of amides is 3. The number of benzene rings is 1. The topological polar surface area (TPSA) is 98.1 Å². The van der Waals surface area contributed by atoms with E-state index in [0.29, 0.717) is 10.9 Å². The van der Waals surface area contributed by atoms with Gasteiger partial charge in [0, 0.05) is 12.1 Å². The molecule has 0 unspecified atom stereocenters. The van der Waals surface area contributed by atoms with Crippen molar-refractivity contribution >= 4 is 23.7 Å². The third-order valence-electron chi connectivity index (χ3n) is 3.42. The van der Waals surface area contributed by atoms with Crippen LogP contribution in [0.15, 0.2) is 35.7 Å². The quantitative estimate of drug-likeness (QED) is 0.730. The fraction of sp³-hybridized carbons (Fsp3) is 0.375. The molecule has 3 amide bonds. The van der Waals surface area contributed by atoms with Gasteiger partial charge in [0.1, 0.15) is 12.1 Å². The van der Waals surface area contributed by atoms with Crippen molar-refractivity contribution in [3.8, 4) is 11.4 Å².